The molecule has 0 aliphatic carbocycles. The van der Waals surface area contributed by atoms with Gasteiger partial charge in [-0.3, -0.25) is 4.79 Å². The van der Waals surface area contributed by atoms with Gasteiger partial charge in [-0.1, -0.05) is 25.1 Å². The van der Waals surface area contributed by atoms with Gasteiger partial charge >= 0.3 is 0 Å². The number of benzene rings is 3. The first kappa shape index (κ1) is 29.3. The fourth-order valence-electron chi connectivity index (χ4n) is 5.20. The van der Waals surface area contributed by atoms with Gasteiger partial charge < -0.3 is 29.9 Å². The van der Waals surface area contributed by atoms with Gasteiger partial charge in [0.15, 0.2) is 0 Å². The summed E-state index contributed by atoms with van der Waals surface area (Å²) in [7, 11) is 3.82. The number of carbonyl (C=O) groups is 1. The molecule has 0 radical (unpaired) electrons. The summed E-state index contributed by atoms with van der Waals surface area (Å²) in [4.78, 5) is 18.1. The van der Waals surface area contributed by atoms with E-state index in [2.05, 4.69) is 49.4 Å². The quantitative estimate of drug-likeness (QED) is 0.246. The van der Waals surface area contributed by atoms with E-state index in [-0.39, 0.29) is 11.9 Å². The van der Waals surface area contributed by atoms with Crippen molar-refractivity contribution >= 4 is 23.0 Å². The molecule has 0 fully saturated rings. The Bertz CT molecular complexity index is 1280. The van der Waals surface area contributed by atoms with Gasteiger partial charge in [-0.25, -0.2) is 0 Å². The van der Waals surface area contributed by atoms with E-state index in [9.17, 15) is 4.79 Å². The lowest BCUT2D eigenvalue weighted by Gasteiger charge is -2.23. The lowest BCUT2D eigenvalue weighted by molar-refractivity contribution is 0.0986. The molecule has 0 spiro atoms. The first-order valence-corrected chi connectivity index (χ1v) is 14.5. The van der Waals surface area contributed by atoms with Crippen LogP contribution in [0.2, 0.25) is 0 Å². The fourth-order valence-corrected chi connectivity index (χ4v) is 5.20. The summed E-state index contributed by atoms with van der Waals surface area (Å²) in [5, 5.41) is 6.88. The molecule has 1 heterocycles. The number of ether oxygens (including phenoxy) is 2. The van der Waals surface area contributed by atoms with Gasteiger partial charge in [0.1, 0.15) is 11.5 Å². The maximum Gasteiger partial charge on any atom is 0.258 e. The highest BCUT2D eigenvalue weighted by molar-refractivity contribution is 6.08. The third kappa shape index (κ3) is 7.07. The van der Waals surface area contributed by atoms with Crippen molar-refractivity contribution in [3.8, 4) is 22.6 Å². The minimum Gasteiger partial charge on any atom is -0.495 e. The second kappa shape index (κ2) is 14.1. The van der Waals surface area contributed by atoms with Gasteiger partial charge in [-0.2, -0.15) is 0 Å². The van der Waals surface area contributed by atoms with Crippen LogP contribution in [-0.2, 0) is 0 Å². The largest absolute Gasteiger partial charge is 0.495 e. The summed E-state index contributed by atoms with van der Waals surface area (Å²) in [5.74, 6) is 1.45. The van der Waals surface area contributed by atoms with Crippen LogP contribution in [0.4, 0.5) is 17.1 Å². The average molecular weight is 545 g/mol. The zero-order valence-corrected chi connectivity index (χ0v) is 24.6. The molecule has 0 aromatic heterocycles. The number of methoxy groups -OCH3 is 1. The van der Waals surface area contributed by atoms with Crippen LogP contribution in [0, 0.1) is 0 Å². The third-order valence-corrected chi connectivity index (χ3v) is 7.28. The van der Waals surface area contributed by atoms with Crippen LogP contribution < -0.4 is 25.0 Å². The first-order valence-electron chi connectivity index (χ1n) is 14.5. The van der Waals surface area contributed by atoms with Crippen LogP contribution in [0.5, 0.6) is 11.5 Å². The normalized spacial score (nSPS) is 14.8. The third-order valence-electron chi connectivity index (χ3n) is 7.28. The highest BCUT2D eigenvalue weighted by Crippen LogP contribution is 2.37. The molecular weight excluding hydrogens is 500 g/mol. The number of nitrogens with one attached hydrogen (secondary N) is 2. The van der Waals surface area contributed by atoms with E-state index >= 15 is 0 Å². The maximum atomic E-state index is 13.9. The number of rotatable bonds is 12. The molecular formula is C33H44N4O3. The molecule has 40 heavy (non-hydrogen) atoms. The number of fused-ring (bicyclic) bond motifs is 1. The number of carbonyl (C=O) groups excluding carboxylic acids is 1. The Morgan fingerprint density at radius 1 is 1.07 bits per heavy atom. The average Bonchev–Trinajstić information content (AvgIpc) is 3.13. The van der Waals surface area contributed by atoms with Gasteiger partial charge in [0.25, 0.3) is 5.91 Å². The van der Waals surface area contributed by atoms with Crippen LogP contribution in [0.1, 0.15) is 50.4 Å². The monoisotopic (exact) mass is 544 g/mol. The summed E-state index contributed by atoms with van der Waals surface area (Å²) in [5.41, 5.74) is 5.37. The highest BCUT2D eigenvalue weighted by atomic mass is 16.5. The molecule has 7 nitrogen and oxygen atoms in total. The van der Waals surface area contributed by atoms with Crippen molar-refractivity contribution in [1.82, 2.24) is 4.90 Å². The molecule has 1 aliphatic heterocycles. The van der Waals surface area contributed by atoms with Crippen LogP contribution >= 0.6 is 0 Å². The Morgan fingerprint density at radius 2 is 1.90 bits per heavy atom. The van der Waals surface area contributed by atoms with Crippen molar-refractivity contribution in [2.45, 2.75) is 46.1 Å². The predicted molar refractivity (Wildman–Crippen MR) is 166 cm³/mol. The molecule has 3 aromatic carbocycles. The van der Waals surface area contributed by atoms with Crippen LogP contribution in [0.25, 0.3) is 11.1 Å². The molecule has 0 saturated carbocycles. The Balaban J connectivity index is 1.66. The number of hydrogen-bond acceptors (Lipinski definition) is 6. The zero-order valence-electron chi connectivity index (χ0n) is 24.6. The van der Waals surface area contributed by atoms with Crippen molar-refractivity contribution in [2.24, 2.45) is 0 Å². The van der Waals surface area contributed by atoms with E-state index in [1.165, 1.54) is 0 Å². The smallest absolute Gasteiger partial charge is 0.258 e. The molecule has 1 atom stereocenters. The molecule has 2 N–H and O–H groups in total. The SMILES string of the molecule is CCCN(C)CCCOc1cc(C(=O)N2CC[C@H](C)Nc3ccccc32)ccc1-c1ccc(NCC)c(OC)c1. The second-order valence-corrected chi connectivity index (χ2v) is 10.5. The fraction of sp³-hybridized carbons (Fsp3) is 0.424. The Labute approximate surface area is 239 Å². The summed E-state index contributed by atoms with van der Waals surface area (Å²) < 4.78 is 12.1. The van der Waals surface area contributed by atoms with Crippen LogP contribution in [0.3, 0.4) is 0 Å². The lowest BCUT2D eigenvalue weighted by Crippen LogP contribution is -2.32. The van der Waals surface area contributed by atoms with Gasteiger partial charge in [-0.05, 0) is 94.7 Å². The van der Waals surface area contributed by atoms with E-state index in [1.807, 2.05) is 59.5 Å². The van der Waals surface area contributed by atoms with E-state index in [0.717, 1.165) is 72.8 Å². The van der Waals surface area contributed by atoms with E-state index in [1.54, 1.807) is 7.11 Å². The Morgan fingerprint density at radius 3 is 2.67 bits per heavy atom. The van der Waals surface area contributed by atoms with Crippen molar-refractivity contribution in [2.75, 3.05) is 62.5 Å². The summed E-state index contributed by atoms with van der Waals surface area (Å²) >= 11 is 0. The molecule has 0 unspecified atom stereocenters. The van der Waals surface area contributed by atoms with Crippen molar-refractivity contribution in [3.63, 3.8) is 0 Å². The topological polar surface area (TPSA) is 66.1 Å². The van der Waals surface area contributed by atoms with Gasteiger partial charge in [0.05, 0.1) is 30.8 Å². The number of amides is 1. The molecule has 1 aliphatic rings. The molecule has 7 heteroatoms. The Kier molecular flexibility index (Phi) is 10.3. The van der Waals surface area contributed by atoms with Crippen molar-refractivity contribution in [3.05, 3.63) is 66.2 Å². The predicted octanol–water partition coefficient (Wildman–Crippen LogP) is 6.76. The minimum atomic E-state index is -0.0255. The van der Waals surface area contributed by atoms with Gasteiger partial charge in [0, 0.05) is 36.8 Å². The standard InChI is InChI=1S/C33H44N4O3/c1-6-18-36(4)19-10-21-40-31-23-26(13-15-27(31)25-14-16-29(34-7-2)32(22-25)39-5)33(38)37-20-17-24(3)35-28-11-8-9-12-30(28)37/h8-9,11-16,22-24,34-35H,6-7,10,17-21H2,1-5H3/t24-/m0/s1. The van der Waals surface area contributed by atoms with E-state index in [0.29, 0.717) is 24.5 Å². The number of hydrogen-bond donors (Lipinski definition) is 2. The summed E-state index contributed by atoms with van der Waals surface area (Å²) in [6.45, 7) is 10.5. The first-order chi connectivity index (χ1) is 19.4. The molecule has 3 aromatic rings. The number of anilines is 3. The Hall–Kier alpha value is -3.71. The highest BCUT2D eigenvalue weighted by Gasteiger charge is 2.25. The zero-order chi connectivity index (χ0) is 28.5. The molecule has 214 valence electrons. The second-order valence-electron chi connectivity index (χ2n) is 10.5. The summed E-state index contributed by atoms with van der Waals surface area (Å²) in [6, 6.07) is 20.2. The van der Waals surface area contributed by atoms with Crippen LogP contribution in [-0.4, -0.2) is 63.8 Å². The van der Waals surface area contributed by atoms with Gasteiger partial charge in [-0.15, -0.1) is 0 Å². The molecule has 0 bridgehead atoms. The lowest BCUT2D eigenvalue weighted by atomic mass is 10.0. The molecule has 4 rings (SSSR count). The van der Waals surface area contributed by atoms with Crippen molar-refractivity contribution in [1.29, 1.82) is 0 Å². The molecule has 0 saturated heterocycles. The molecule has 1 amide bonds. The van der Waals surface area contributed by atoms with Crippen LogP contribution in [0.15, 0.2) is 60.7 Å². The van der Waals surface area contributed by atoms with E-state index < -0.39 is 0 Å². The maximum absolute atomic E-state index is 13.9. The minimum absolute atomic E-state index is 0.0255. The summed E-state index contributed by atoms with van der Waals surface area (Å²) in [6.07, 6.45) is 2.90. The number of para-hydroxylation sites is 2. The van der Waals surface area contributed by atoms with E-state index in [4.69, 9.17) is 9.47 Å². The van der Waals surface area contributed by atoms with Gasteiger partial charge in [0.2, 0.25) is 0 Å². The van der Waals surface area contributed by atoms with Crippen molar-refractivity contribution < 1.29 is 14.3 Å². The number of nitrogens with zero attached hydrogens (tertiary/aromatic N) is 2.